The number of nitrogens with two attached hydrogens (primary N) is 1. The van der Waals surface area contributed by atoms with Crippen LogP contribution in [-0.2, 0) is 28.3 Å². The van der Waals surface area contributed by atoms with Gasteiger partial charge in [0.2, 0.25) is 0 Å². The Bertz CT molecular complexity index is 1400. The van der Waals surface area contributed by atoms with Crippen LogP contribution in [0.15, 0.2) is 27.9 Å². The third kappa shape index (κ3) is 2.34. The number of esters is 1. The highest BCUT2D eigenvalue weighted by Gasteiger charge is 2.45. The number of hydrogen-bond acceptors (Lipinski definition) is 7. The van der Waals surface area contributed by atoms with E-state index in [1.54, 1.807) is 17.6 Å². The summed E-state index contributed by atoms with van der Waals surface area (Å²) in [6.07, 6.45) is 0.0711. The summed E-state index contributed by atoms with van der Waals surface area (Å²) in [5.41, 5.74) is 8.00. The number of carbonyl (C=O) groups is 1. The Balaban J connectivity index is 1.69. The number of hydrogen-bond donors (Lipinski definition) is 2. The van der Waals surface area contributed by atoms with E-state index in [4.69, 9.17) is 15.5 Å². The van der Waals surface area contributed by atoms with E-state index >= 15 is 0 Å². The first-order chi connectivity index (χ1) is 14.8. The highest BCUT2D eigenvalue weighted by atomic mass is 32.2. The van der Waals surface area contributed by atoms with Crippen LogP contribution in [0.3, 0.4) is 0 Å². The lowest BCUT2D eigenvalue weighted by Crippen LogP contribution is -2.44. The van der Waals surface area contributed by atoms with Crippen LogP contribution in [-0.4, -0.2) is 26.4 Å². The van der Waals surface area contributed by atoms with E-state index in [9.17, 15) is 19.1 Å². The van der Waals surface area contributed by atoms with E-state index in [1.807, 2.05) is 0 Å². The normalized spacial score (nSPS) is 23.4. The molecule has 2 aromatic heterocycles. The lowest BCUT2D eigenvalue weighted by molar-refractivity contribution is -0.172. The average molecular weight is 439 g/mol. The lowest BCUT2D eigenvalue weighted by atomic mass is 9.86. The van der Waals surface area contributed by atoms with Crippen LogP contribution in [0.2, 0.25) is 0 Å². The van der Waals surface area contributed by atoms with Crippen LogP contribution in [0.1, 0.15) is 41.6 Å². The van der Waals surface area contributed by atoms with Crippen molar-refractivity contribution in [2.75, 3.05) is 5.75 Å². The van der Waals surface area contributed by atoms with E-state index in [0.29, 0.717) is 22.7 Å². The third-order valence-electron chi connectivity index (χ3n) is 6.55. The van der Waals surface area contributed by atoms with Gasteiger partial charge >= 0.3 is 5.97 Å². The fourth-order valence-electron chi connectivity index (χ4n) is 4.96. The van der Waals surface area contributed by atoms with Crippen molar-refractivity contribution in [3.63, 3.8) is 0 Å². The zero-order chi connectivity index (χ0) is 21.7. The number of ether oxygens (including phenoxy) is 1. The van der Waals surface area contributed by atoms with E-state index < -0.39 is 11.6 Å². The molecule has 0 spiro atoms. The number of carbonyl (C=O) groups excluding carboxylic acids is 1. The minimum atomic E-state index is -1.89. The molecule has 31 heavy (non-hydrogen) atoms. The smallest absolute Gasteiger partial charge is 0.343 e. The standard InChI is InChI=1S/C22H18FN3O4S/c1-2-22(29)12-5-15-19-10(6-26(15)20(27)11(12)7-30-21(22)28)17-13(24)8-31-16-4-9(23)3-14(25-19)18(16)17/h3-5,13,29H,2,6-8,24H2,1H3/t13-,22-/m0/s1. The Morgan fingerprint density at radius 1 is 1.35 bits per heavy atom. The molecular formula is C22H18FN3O4S. The summed E-state index contributed by atoms with van der Waals surface area (Å²) >= 11 is 1.50. The molecule has 0 aliphatic carbocycles. The van der Waals surface area contributed by atoms with Gasteiger partial charge in [-0.25, -0.2) is 14.2 Å². The summed E-state index contributed by atoms with van der Waals surface area (Å²) in [7, 11) is 0. The average Bonchev–Trinajstić information content (AvgIpc) is 3.11. The summed E-state index contributed by atoms with van der Waals surface area (Å²) in [6.45, 7) is 1.76. The Morgan fingerprint density at radius 3 is 2.94 bits per heavy atom. The molecule has 0 radical (unpaired) electrons. The quantitative estimate of drug-likeness (QED) is 0.438. The minimum Gasteiger partial charge on any atom is -0.458 e. The number of aromatic nitrogens is 2. The van der Waals surface area contributed by atoms with Gasteiger partial charge in [-0.15, -0.1) is 11.8 Å². The van der Waals surface area contributed by atoms with Gasteiger partial charge in [-0.2, -0.15) is 0 Å². The zero-order valence-electron chi connectivity index (χ0n) is 16.6. The molecule has 2 atom stereocenters. The first-order valence-corrected chi connectivity index (χ1v) is 11.0. The Kier molecular flexibility index (Phi) is 3.77. The van der Waals surface area contributed by atoms with E-state index in [-0.39, 0.29) is 48.1 Å². The lowest BCUT2D eigenvalue weighted by Gasteiger charge is -2.31. The topological polar surface area (TPSA) is 107 Å². The molecule has 0 amide bonds. The molecule has 0 saturated heterocycles. The van der Waals surface area contributed by atoms with Crippen molar-refractivity contribution in [3.8, 4) is 11.4 Å². The summed E-state index contributed by atoms with van der Waals surface area (Å²) < 4.78 is 20.9. The number of aliphatic hydroxyl groups is 1. The van der Waals surface area contributed by atoms with Crippen LogP contribution < -0.4 is 11.3 Å². The van der Waals surface area contributed by atoms with Crippen molar-refractivity contribution in [2.45, 2.75) is 43.0 Å². The first-order valence-electron chi connectivity index (χ1n) is 10.0. The number of halogens is 1. The van der Waals surface area contributed by atoms with Crippen LogP contribution in [0.5, 0.6) is 0 Å². The van der Waals surface area contributed by atoms with Gasteiger partial charge < -0.3 is 20.1 Å². The van der Waals surface area contributed by atoms with Gasteiger partial charge in [-0.05, 0) is 24.1 Å². The molecule has 3 aromatic rings. The van der Waals surface area contributed by atoms with Crippen molar-refractivity contribution in [2.24, 2.45) is 5.73 Å². The monoisotopic (exact) mass is 439 g/mol. The highest BCUT2D eigenvalue weighted by molar-refractivity contribution is 7.99. The molecular weight excluding hydrogens is 421 g/mol. The first kappa shape index (κ1) is 19.0. The van der Waals surface area contributed by atoms with Crippen molar-refractivity contribution in [1.29, 1.82) is 0 Å². The molecule has 7 nitrogen and oxygen atoms in total. The number of fused-ring (bicyclic) bond motifs is 5. The highest BCUT2D eigenvalue weighted by Crippen LogP contribution is 2.46. The predicted molar refractivity (Wildman–Crippen MR) is 112 cm³/mol. The van der Waals surface area contributed by atoms with Crippen LogP contribution in [0.4, 0.5) is 4.39 Å². The largest absolute Gasteiger partial charge is 0.458 e. The molecule has 0 bridgehead atoms. The van der Waals surface area contributed by atoms with Crippen molar-refractivity contribution < 1.29 is 19.0 Å². The number of thioether (sulfide) groups is 1. The predicted octanol–water partition coefficient (Wildman–Crippen LogP) is 2.32. The third-order valence-corrected chi connectivity index (χ3v) is 7.71. The molecule has 5 heterocycles. The number of cyclic esters (lactones) is 1. The van der Waals surface area contributed by atoms with Gasteiger partial charge in [0.25, 0.3) is 5.56 Å². The molecule has 0 unspecified atom stereocenters. The SMILES string of the molecule is CC[C@@]1(O)C(=O)OCc2c1cc1n(c2=O)Cc2c-1nc1cc(F)cc3c1c2[C@@H](N)CS3. The Morgan fingerprint density at radius 2 is 2.16 bits per heavy atom. The molecule has 0 fully saturated rings. The summed E-state index contributed by atoms with van der Waals surface area (Å²) in [6, 6.07) is 4.24. The molecule has 0 saturated carbocycles. The number of benzene rings is 1. The van der Waals surface area contributed by atoms with Crippen LogP contribution in [0.25, 0.3) is 22.3 Å². The van der Waals surface area contributed by atoms with Crippen molar-refractivity contribution in [3.05, 3.63) is 56.6 Å². The van der Waals surface area contributed by atoms with Gasteiger partial charge in [-0.1, -0.05) is 6.92 Å². The zero-order valence-corrected chi connectivity index (χ0v) is 17.4. The molecule has 3 aliphatic rings. The van der Waals surface area contributed by atoms with Crippen LogP contribution in [0, 0.1) is 5.82 Å². The van der Waals surface area contributed by atoms with Gasteiger partial charge in [0, 0.05) is 39.3 Å². The fourth-order valence-corrected chi connectivity index (χ4v) is 6.04. The maximum Gasteiger partial charge on any atom is 0.343 e. The van der Waals surface area contributed by atoms with Gasteiger partial charge in [0.05, 0.1) is 29.0 Å². The molecule has 3 aliphatic heterocycles. The molecule has 158 valence electrons. The van der Waals surface area contributed by atoms with Crippen LogP contribution >= 0.6 is 11.8 Å². The second kappa shape index (κ2) is 6.15. The van der Waals surface area contributed by atoms with Gasteiger partial charge in [0.15, 0.2) is 5.60 Å². The molecule has 3 N–H and O–H groups in total. The minimum absolute atomic E-state index is 0.0711. The fraction of sp³-hybridized carbons (Fsp3) is 0.318. The number of nitrogens with zero attached hydrogens (tertiary/aromatic N) is 2. The maximum atomic E-state index is 14.2. The summed E-state index contributed by atoms with van der Waals surface area (Å²) in [4.78, 5) is 31.1. The summed E-state index contributed by atoms with van der Waals surface area (Å²) in [5.74, 6) is -0.549. The Hall–Kier alpha value is -2.75. The molecule has 6 rings (SSSR count). The summed E-state index contributed by atoms with van der Waals surface area (Å²) in [5, 5.41) is 11.8. The van der Waals surface area contributed by atoms with E-state index in [1.165, 1.54) is 23.9 Å². The second-order valence-electron chi connectivity index (χ2n) is 8.17. The number of rotatable bonds is 1. The number of pyridine rings is 2. The maximum absolute atomic E-state index is 14.2. The van der Waals surface area contributed by atoms with E-state index in [2.05, 4.69) is 0 Å². The Labute approximate surface area is 180 Å². The molecule has 1 aromatic carbocycles. The van der Waals surface area contributed by atoms with Gasteiger partial charge in [-0.3, -0.25) is 4.79 Å². The second-order valence-corrected chi connectivity index (χ2v) is 9.23. The van der Waals surface area contributed by atoms with E-state index in [0.717, 1.165) is 21.4 Å². The van der Waals surface area contributed by atoms with Gasteiger partial charge in [0.1, 0.15) is 12.4 Å². The molecule has 9 heteroatoms. The van der Waals surface area contributed by atoms with Crippen molar-refractivity contribution >= 4 is 28.6 Å². The van der Waals surface area contributed by atoms with Crippen molar-refractivity contribution in [1.82, 2.24) is 9.55 Å².